The molecular formula is C29H20N4O2. The van der Waals surface area contributed by atoms with Crippen LogP contribution in [0.4, 0.5) is 0 Å². The second kappa shape index (κ2) is 6.73. The molecule has 0 saturated carbocycles. The highest BCUT2D eigenvalue weighted by atomic mass is 16.1. The first-order valence-electron chi connectivity index (χ1n) is 11.6. The van der Waals surface area contributed by atoms with Crippen LogP contribution >= 0.6 is 0 Å². The first-order chi connectivity index (χ1) is 17.0. The molecule has 0 bridgehead atoms. The molecule has 0 unspecified atom stereocenters. The first kappa shape index (κ1) is 19.9. The van der Waals surface area contributed by atoms with E-state index in [1.807, 2.05) is 60.7 Å². The van der Waals surface area contributed by atoms with E-state index in [2.05, 4.69) is 20.4 Å². The fraction of sp³-hybridized carbons (Fsp3) is 0.103. The molecule has 7 aromatic rings. The summed E-state index contributed by atoms with van der Waals surface area (Å²) in [5.41, 5.74) is 2.43. The van der Waals surface area contributed by atoms with Crippen LogP contribution in [0.5, 0.6) is 0 Å². The summed E-state index contributed by atoms with van der Waals surface area (Å²) in [6, 6.07) is 15.2. The number of para-hydroxylation sites is 2. The standard InChI is InChI=1S/C29H20N4O2/c1-4-7-20-23(14-15(2)3)33-27(30-20)17-11-12-18-24-16(10-13-19(25(17)24)29(33)35)26-31-21-8-5-6-9-22(21)32(26)28(18)34/h4-15H,1H2,2-3H3/b20-7+,23-14+. The maximum Gasteiger partial charge on any atom is 0.264 e. The largest absolute Gasteiger partial charge is 0.268 e. The second-order valence-corrected chi connectivity index (χ2v) is 9.30. The summed E-state index contributed by atoms with van der Waals surface area (Å²) in [6.07, 6.45) is 5.55. The summed E-state index contributed by atoms with van der Waals surface area (Å²) in [7, 11) is 0. The van der Waals surface area contributed by atoms with Crippen LogP contribution in [0.3, 0.4) is 0 Å². The van der Waals surface area contributed by atoms with Crippen molar-refractivity contribution in [2.45, 2.75) is 13.8 Å². The van der Waals surface area contributed by atoms with Gasteiger partial charge in [0.1, 0.15) is 11.3 Å². The van der Waals surface area contributed by atoms with Crippen molar-refractivity contribution >= 4 is 66.8 Å². The molecule has 0 radical (unpaired) electrons. The van der Waals surface area contributed by atoms with E-state index in [1.165, 1.54) is 0 Å². The lowest BCUT2D eigenvalue weighted by Crippen LogP contribution is -2.33. The summed E-state index contributed by atoms with van der Waals surface area (Å²) >= 11 is 0. The van der Waals surface area contributed by atoms with Crippen molar-refractivity contribution in [3.8, 4) is 0 Å². The molecule has 0 N–H and O–H groups in total. The van der Waals surface area contributed by atoms with Crippen molar-refractivity contribution in [3.05, 3.63) is 92.6 Å². The number of rotatable bonds is 2. The zero-order valence-electron chi connectivity index (χ0n) is 19.2. The topological polar surface area (TPSA) is 68.7 Å². The van der Waals surface area contributed by atoms with Gasteiger partial charge in [-0.2, -0.15) is 0 Å². The van der Waals surface area contributed by atoms with Gasteiger partial charge in [0.05, 0.1) is 21.7 Å². The molecule has 6 nitrogen and oxygen atoms in total. The lowest BCUT2D eigenvalue weighted by Gasteiger charge is -2.12. The minimum Gasteiger partial charge on any atom is -0.268 e. The molecule has 0 aliphatic carbocycles. The Kier molecular flexibility index (Phi) is 3.82. The van der Waals surface area contributed by atoms with E-state index in [4.69, 9.17) is 9.97 Å². The average Bonchev–Trinajstić information content (AvgIpc) is 3.40. The van der Waals surface area contributed by atoms with Gasteiger partial charge in [0, 0.05) is 32.3 Å². The minimum absolute atomic E-state index is 0.138. The molecule has 0 spiro atoms. The van der Waals surface area contributed by atoms with Crippen LogP contribution in [-0.4, -0.2) is 18.8 Å². The fourth-order valence-electron chi connectivity index (χ4n) is 5.42. The highest BCUT2D eigenvalue weighted by molar-refractivity contribution is 6.27. The molecule has 168 valence electrons. The fourth-order valence-corrected chi connectivity index (χ4v) is 5.42. The summed E-state index contributed by atoms with van der Waals surface area (Å²) in [6.45, 7) is 7.96. The van der Waals surface area contributed by atoms with Crippen LogP contribution in [0.15, 0.2) is 70.8 Å². The number of hydrogen-bond donors (Lipinski definition) is 0. The molecule has 0 aliphatic rings. The number of imidazole rings is 2. The smallest absolute Gasteiger partial charge is 0.264 e. The van der Waals surface area contributed by atoms with Crippen LogP contribution in [0.1, 0.15) is 13.8 Å². The van der Waals surface area contributed by atoms with Crippen LogP contribution in [0.25, 0.3) is 66.8 Å². The van der Waals surface area contributed by atoms with E-state index in [0.29, 0.717) is 27.4 Å². The summed E-state index contributed by atoms with van der Waals surface area (Å²) < 4.78 is 3.36. The van der Waals surface area contributed by atoms with Crippen molar-refractivity contribution in [2.75, 3.05) is 0 Å². The van der Waals surface area contributed by atoms with Crippen LogP contribution in [0.2, 0.25) is 0 Å². The average molecular weight is 457 g/mol. The number of hydrogen-bond acceptors (Lipinski definition) is 4. The predicted octanol–water partition coefficient (Wildman–Crippen LogP) is 3.59. The molecule has 0 aliphatic heterocycles. The molecule has 4 heterocycles. The normalized spacial score (nSPS) is 13.8. The highest BCUT2D eigenvalue weighted by Gasteiger charge is 2.21. The van der Waals surface area contributed by atoms with E-state index in [0.717, 1.165) is 37.9 Å². The maximum atomic E-state index is 13.9. The summed E-state index contributed by atoms with van der Waals surface area (Å²) in [4.78, 5) is 37.2. The van der Waals surface area contributed by atoms with Gasteiger partial charge in [0.25, 0.3) is 11.1 Å². The van der Waals surface area contributed by atoms with Crippen LogP contribution in [-0.2, 0) is 0 Å². The van der Waals surface area contributed by atoms with Gasteiger partial charge in [-0.25, -0.2) is 9.97 Å². The molecule has 0 saturated heterocycles. The number of pyridine rings is 2. The highest BCUT2D eigenvalue weighted by Crippen LogP contribution is 2.35. The Labute approximate surface area is 198 Å². The SMILES string of the molecule is C=C/C=c1/nc2c3ccc4c(=O)n5c6ccccc6nc5c5ccc(c(=O)n2/c1=C/C(C)C)c3c45. The monoisotopic (exact) mass is 456 g/mol. The molecule has 3 aromatic carbocycles. The van der Waals surface area contributed by atoms with E-state index in [1.54, 1.807) is 14.9 Å². The number of fused-ring (bicyclic) bond motifs is 6. The Hall–Kier alpha value is -4.58. The summed E-state index contributed by atoms with van der Waals surface area (Å²) in [5, 5.41) is 5.79. The van der Waals surface area contributed by atoms with Gasteiger partial charge in [0.2, 0.25) is 0 Å². The Balaban J connectivity index is 1.81. The molecule has 0 atom stereocenters. The number of nitrogens with zero attached hydrogens (tertiary/aromatic N) is 4. The van der Waals surface area contributed by atoms with Gasteiger partial charge in [0.15, 0.2) is 0 Å². The van der Waals surface area contributed by atoms with Gasteiger partial charge in [-0.1, -0.05) is 44.7 Å². The van der Waals surface area contributed by atoms with Crippen LogP contribution in [0, 0.1) is 5.92 Å². The van der Waals surface area contributed by atoms with Crippen molar-refractivity contribution in [2.24, 2.45) is 5.92 Å². The molecule has 0 amide bonds. The lowest BCUT2D eigenvalue weighted by atomic mass is 9.96. The minimum atomic E-state index is -0.147. The Morgan fingerprint density at radius 3 is 2.06 bits per heavy atom. The Morgan fingerprint density at radius 2 is 1.40 bits per heavy atom. The zero-order chi connectivity index (χ0) is 24.0. The lowest BCUT2D eigenvalue weighted by molar-refractivity contribution is 0.871. The Bertz CT molecular complexity index is 2250. The van der Waals surface area contributed by atoms with Gasteiger partial charge < -0.3 is 0 Å². The van der Waals surface area contributed by atoms with Crippen molar-refractivity contribution in [3.63, 3.8) is 0 Å². The number of benzene rings is 3. The van der Waals surface area contributed by atoms with E-state index >= 15 is 0 Å². The molecule has 6 heteroatoms. The second-order valence-electron chi connectivity index (χ2n) is 9.30. The Morgan fingerprint density at radius 1 is 0.800 bits per heavy atom. The molecular weight excluding hydrogens is 436 g/mol. The molecule has 35 heavy (non-hydrogen) atoms. The van der Waals surface area contributed by atoms with E-state index in [-0.39, 0.29) is 17.0 Å². The predicted molar refractivity (Wildman–Crippen MR) is 142 cm³/mol. The third-order valence-electron chi connectivity index (χ3n) is 6.78. The maximum absolute atomic E-state index is 13.9. The zero-order valence-corrected chi connectivity index (χ0v) is 19.2. The first-order valence-corrected chi connectivity index (χ1v) is 11.6. The third kappa shape index (κ3) is 2.43. The van der Waals surface area contributed by atoms with Gasteiger partial charge in [-0.15, -0.1) is 0 Å². The van der Waals surface area contributed by atoms with Gasteiger partial charge >= 0.3 is 0 Å². The van der Waals surface area contributed by atoms with Gasteiger partial charge in [-0.3, -0.25) is 18.4 Å². The van der Waals surface area contributed by atoms with Gasteiger partial charge in [-0.05, 0) is 48.4 Å². The third-order valence-corrected chi connectivity index (χ3v) is 6.78. The number of aromatic nitrogens is 4. The molecule has 4 aromatic heterocycles. The van der Waals surface area contributed by atoms with E-state index < -0.39 is 0 Å². The van der Waals surface area contributed by atoms with Crippen LogP contribution < -0.4 is 21.8 Å². The van der Waals surface area contributed by atoms with Crippen molar-refractivity contribution in [1.29, 1.82) is 0 Å². The van der Waals surface area contributed by atoms with Crippen molar-refractivity contribution in [1.82, 2.24) is 18.8 Å². The van der Waals surface area contributed by atoms with E-state index in [9.17, 15) is 9.59 Å². The van der Waals surface area contributed by atoms with Crippen molar-refractivity contribution < 1.29 is 0 Å². The number of allylic oxidation sites excluding steroid dienone is 1. The quantitative estimate of drug-likeness (QED) is 0.373. The summed E-state index contributed by atoms with van der Waals surface area (Å²) in [5.74, 6) is 0.225. The molecule has 0 fully saturated rings. The molecule has 7 rings (SSSR count).